The Balaban J connectivity index is 1.37. The van der Waals surface area contributed by atoms with Crippen molar-refractivity contribution in [2.75, 3.05) is 18.9 Å². The summed E-state index contributed by atoms with van der Waals surface area (Å²) in [5.74, 6) is -0.659. The Morgan fingerprint density at radius 1 is 1.11 bits per heavy atom. The Morgan fingerprint density at radius 2 is 1.89 bits per heavy atom. The summed E-state index contributed by atoms with van der Waals surface area (Å²) in [6.45, 7) is 1.05. The van der Waals surface area contributed by atoms with Gasteiger partial charge in [0.15, 0.2) is 15.6 Å². The fourth-order valence-electron chi connectivity index (χ4n) is 3.88. The van der Waals surface area contributed by atoms with Gasteiger partial charge >= 0.3 is 5.69 Å². The molecule has 184 valence electrons. The molecule has 4 aromatic rings. The van der Waals surface area contributed by atoms with Crippen LogP contribution in [0.1, 0.15) is 11.1 Å². The number of aliphatic imine (C=N–C) groups is 1. The lowest BCUT2D eigenvalue weighted by Crippen LogP contribution is -2.33. The quantitative estimate of drug-likeness (QED) is 0.382. The largest absolute Gasteiger partial charge is 0.476 e. The summed E-state index contributed by atoms with van der Waals surface area (Å²) in [6, 6.07) is 14.0. The van der Waals surface area contributed by atoms with Gasteiger partial charge in [-0.15, -0.1) is 11.3 Å². The highest BCUT2D eigenvalue weighted by atomic mass is 35.5. The summed E-state index contributed by atoms with van der Waals surface area (Å²) < 4.78 is 31.6. The molecule has 0 unspecified atom stereocenters. The lowest BCUT2D eigenvalue weighted by molar-refractivity contribution is -0.116. The van der Waals surface area contributed by atoms with E-state index in [-0.39, 0.29) is 10.6 Å². The number of nitrogens with zero attached hydrogens (tertiary/aromatic N) is 2. The van der Waals surface area contributed by atoms with Gasteiger partial charge in [0.2, 0.25) is 5.90 Å². The number of aromatic nitrogens is 2. The second-order valence-electron chi connectivity index (χ2n) is 8.07. The van der Waals surface area contributed by atoms with E-state index in [1.165, 1.54) is 24.3 Å². The number of sulfone groups is 1. The Kier molecular flexibility index (Phi) is 6.37. The number of thiophene rings is 1. The summed E-state index contributed by atoms with van der Waals surface area (Å²) in [4.78, 5) is 45.2. The molecule has 1 aliphatic rings. The normalized spacial score (nSPS) is 13.5. The van der Waals surface area contributed by atoms with E-state index < -0.39 is 32.6 Å². The van der Waals surface area contributed by atoms with Crippen molar-refractivity contribution < 1.29 is 17.9 Å². The fourth-order valence-corrected chi connectivity index (χ4v) is 6.70. The van der Waals surface area contributed by atoms with E-state index in [9.17, 15) is 22.8 Å². The molecule has 9 nitrogen and oxygen atoms in total. The van der Waals surface area contributed by atoms with E-state index in [0.717, 1.165) is 15.9 Å². The lowest BCUT2D eigenvalue weighted by atomic mass is 10.1. The number of aromatic amines is 1. The molecule has 0 aliphatic carbocycles. The minimum absolute atomic E-state index is 0.0435. The first kappa shape index (κ1) is 24.2. The number of Topliss-reactive ketones (excluding diaryl/α,β-unsaturated/α-hetero) is 1. The molecule has 0 atom stereocenters. The third-order valence-corrected chi connectivity index (χ3v) is 9.02. The van der Waals surface area contributed by atoms with Gasteiger partial charge in [0, 0.05) is 12.0 Å². The molecule has 0 saturated carbocycles. The first-order chi connectivity index (χ1) is 17.2. The first-order valence-electron chi connectivity index (χ1n) is 10.8. The van der Waals surface area contributed by atoms with Crippen LogP contribution < -0.4 is 11.2 Å². The van der Waals surface area contributed by atoms with E-state index >= 15 is 0 Å². The average molecular weight is 544 g/mol. The van der Waals surface area contributed by atoms with Crippen LogP contribution in [0.4, 0.5) is 0 Å². The molecule has 0 saturated heterocycles. The number of fused-ring (bicyclic) bond motifs is 1. The van der Waals surface area contributed by atoms with Crippen LogP contribution in [0.25, 0.3) is 16.6 Å². The minimum atomic E-state index is -3.77. The van der Waals surface area contributed by atoms with Crippen molar-refractivity contribution in [1.29, 1.82) is 0 Å². The smallest absolute Gasteiger partial charge is 0.333 e. The molecule has 2 aromatic heterocycles. The van der Waals surface area contributed by atoms with Gasteiger partial charge in [-0.1, -0.05) is 23.7 Å². The Morgan fingerprint density at radius 3 is 2.56 bits per heavy atom. The number of ether oxygens (including phenoxy) is 1. The third kappa shape index (κ3) is 4.77. The topological polar surface area (TPSA) is 128 Å². The van der Waals surface area contributed by atoms with E-state index in [2.05, 4.69) is 9.98 Å². The summed E-state index contributed by atoms with van der Waals surface area (Å²) in [5, 5.41) is 0.315. The minimum Gasteiger partial charge on any atom is -0.476 e. The highest BCUT2D eigenvalue weighted by Gasteiger charge is 2.21. The van der Waals surface area contributed by atoms with Gasteiger partial charge in [-0.05, 0) is 48.0 Å². The van der Waals surface area contributed by atoms with Crippen LogP contribution in [0, 0.1) is 0 Å². The van der Waals surface area contributed by atoms with Crippen molar-refractivity contribution in [3.63, 3.8) is 0 Å². The van der Waals surface area contributed by atoms with Gasteiger partial charge in [-0.3, -0.25) is 9.59 Å². The number of hydrogen-bond donors (Lipinski definition) is 1. The summed E-state index contributed by atoms with van der Waals surface area (Å²) in [5.41, 5.74) is 0.782. The average Bonchev–Trinajstić information content (AvgIpc) is 3.52. The highest BCUT2D eigenvalue weighted by Crippen LogP contribution is 2.26. The standard InChI is InChI=1S/C24H18ClN3O6S2/c25-20-7-8-21(35-20)36(32,33)13-17(29)11-14-1-4-16(5-2-14)28-23(30)18-6-3-15(22-26-9-10-34-22)12-19(18)27-24(28)31/h1-8,12H,9-11,13H2,(H,27,31). The van der Waals surface area contributed by atoms with E-state index in [0.29, 0.717) is 51.1 Å². The Bertz CT molecular complexity index is 1750. The van der Waals surface area contributed by atoms with Gasteiger partial charge in [-0.25, -0.2) is 22.8 Å². The summed E-state index contributed by atoms with van der Waals surface area (Å²) in [6.07, 6.45) is -0.115. The van der Waals surface area contributed by atoms with Crippen LogP contribution in [0.2, 0.25) is 4.34 Å². The maximum absolute atomic E-state index is 13.1. The molecule has 0 spiro atoms. The first-order valence-corrected chi connectivity index (χ1v) is 13.6. The van der Waals surface area contributed by atoms with Crippen molar-refractivity contribution >= 4 is 55.4 Å². The maximum atomic E-state index is 13.1. The molecule has 36 heavy (non-hydrogen) atoms. The molecular formula is C24H18ClN3O6S2. The molecule has 1 N–H and O–H groups in total. The molecule has 0 radical (unpaired) electrons. The number of carbonyl (C=O) groups is 1. The molecule has 2 aromatic carbocycles. The molecule has 5 rings (SSSR count). The zero-order valence-corrected chi connectivity index (χ0v) is 21.0. The molecule has 0 amide bonds. The fraction of sp³-hybridized carbons (Fsp3) is 0.167. The second-order valence-corrected chi connectivity index (χ2v) is 12.0. The van der Waals surface area contributed by atoms with Gasteiger partial charge in [0.25, 0.3) is 5.56 Å². The molecule has 0 bridgehead atoms. The van der Waals surface area contributed by atoms with Gasteiger partial charge in [0.1, 0.15) is 16.6 Å². The van der Waals surface area contributed by atoms with Crippen molar-refractivity contribution in [3.8, 4) is 5.69 Å². The van der Waals surface area contributed by atoms with Crippen LogP contribution in [0.5, 0.6) is 0 Å². The molecule has 3 heterocycles. The highest BCUT2D eigenvalue weighted by molar-refractivity contribution is 7.94. The molecule has 0 fully saturated rings. The third-order valence-electron chi connectivity index (χ3n) is 5.53. The number of hydrogen-bond acceptors (Lipinski definition) is 8. The second kappa shape index (κ2) is 9.49. The SMILES string of the molecule is O=C(Cc1ccc(-n2c(=O)[nH]c3cc(C4=NCCO4)ccc3c2=O)cc1)CS(=O)(=O)c1ccc(Cl)s1. The van der Waals surface area contributed by atoms with Crippen LogP contribution >= 0.6 is 22.9 Å². The van der Waals surface area contributed by atoms with Gasteiger partial charge < -0.3 is 9.72 Å². The van der Waals surface area contributed by atoms with Crippen LogP contribution in [0.15, 0.2) is 73.4 Å². The molecule has 1 aliphatic heterocycles. The Hall–Kier alpha value is -3.54. The van der Waals surface area contributed by atoms with Crippen molar-refractivity contribution in [2.24, 2.45) is 4.99 Å². The van der Waals surface area contributed by atoms with Crippen LogP contribution in [-0.2, 0) is 25.8 Å². The van der Waals surface area contributed by atoms with Crippen molar-refractivity contribution in [1.82, 2.24) is 9.55 Å². The molecule has 12 heteroatoms. The predicted octanol–water partition coefficient (Wildman–Crippen LogP) is 2.76. The lowest BCUT2D eigenvalue weighted by Gasteiger charge is -2.09. The number of nitrogens with one attached hydrogen (secondary N) is 1. The number of H-pyrrole nitrogens is 1. The zero-order chi connectivity index (χ0) is 25.4. The number of benzene rings is 2. The van der Waals surface area contributed by atoms with Gasteiger partial charge in [0.05, 0.1) is 27.5 Å². The predicted molar refractivity (Wildman–Crippen MR) is 138 cm³/mol. The van der Waals surface area contributed by atoms with Gasteiger partial charge in [-0.2, -0.15) is 0 Å². The van der Waals surface area contributed by atoms with E-state index in [1.54, 1.807) is 30.3 Å². The van der Waals surface area contributed by atoms with E-state index in [4.69, 9.17) is 16.3 Å². The van der Waals surface area contributed by atoms with E-state index in [1.807, 2.05) is 0 Å². The number of carbonyl (C=O) groups excluding carboxylic acids is 1. The number of rotatable bonds is 7. The summed E-state index contributed by atoms with van der Waals surface area (Å²) in [7, 11) is -3.77. The summed E-state index contributed by atoms with van der Waals surface area (Å²) >= 11 is 6.70. The maximum Gasteiger partial charge on any atom is 0.333 e. The van der Waals surface area contributed by atoms with Crippen LogP contribution in [0.3, 0.4) is 0 Å². The van der Waals surface area contributed by atoms with Crippen molar-refractivity contribution in [3.05, 3.63) is 90.9 Å². The Labute approximate surface area is 213 Å². The zero-order valence-electron chi connectivity index (χ0n) is 18.6. The van der Waals surface area contributed by atoms with Crippen LogP contribution in [-0.4, -0.2) is 48.6 Å². The molecular weight excluding hydrogens is 526 g/mol. The monoisotopic (exact) mass is 543 g/mol. The number of ketones is 1. The van der Waals surface area contributed by atoms with Crippen molar-refractivity contribution in [2.45, 2.75) is 10.6 Å². The number of halogens is 1.